The van der Waals surface area contributed by atoms with E-state index in [1.54, 1.807) is 18.2 Å². The van der Waals surface area contributed by atoms with Crippen molar-refractivity contribution in [2.45, 2.75) is 5.41 Å². The van der Waals surface area contributed by atoms with Crippen LogP contribution in [0.15, 0.2) is 54.6 Å². The fourth-order valence-corrected chi connectivity index (χ4v) is 2.17. The zero-order valence-corrected chi connectivity index (χ0v) is 10.5. The minimum absolute atomic E-state index is 0.151. The quantitative estimate of drug-likeness (QED) is 0.580. The van der Waals surface area contributed by atoms with Crippen molar-refractivity contribution in [3.05, 3.63) is 65.7 Å². The molecule has 0 aromatic heterocycles. The number of nitrogens with two attached hydrogens (primary N) is 1. The fraction of sp³-hybridized carbons (Fsp3) is 0.0667. The van der Waals surface area contributed by atoms with Gasteiger partial charge in [0, 0.05) is 5.69 Å². The molecule has 4 N–H and O–H groups in total. The van der Waals surface area contributed by atoms with Gasteiger partial charge in [-0.15, -0.1) is 0 Å². The minimum atomic E-state index is -2.14. The molecule has 0 aliphatic carbocycles. The number of rotatable bonds is 4. The zero-order chi connectivity index (χ0) is 14.8. The van der Waals surface area contributed by atoms with Crippen molar-refractivity contribution in [1.82, 2.24) is 0 Å². The van der Waals surface area contributed by atoms with Crippen LogP contribution in [0.4, 0.5) is 5.69 Å². The second-order valence-corrected chi connectivity index (χ2v) is 4.35. The molecule has 0 unspecified atom stereocenters. The van der Waals surface area contributed by atoms with Crippen LogP contribution in [0.25, 0.3) is 0 Å². The van der Waals surface area contributed by atoms with Crippen LogP contribution in [0, 0.1) is 0 Å². The summed E-state index contributed by atoms with van der Waals surface area (Å²) in [6, 6.07) is 13.7. The van der Waals surface area contributed by atoms with Crippen molar-refractivity contribution >= 4 is 17.6 Å². The van der Waals surface area contributed by atoms with Gasteiger partial charge in [0.05, 0.1) is 0 Å². The maximum atomic E-state index is 11.7. The molecule has 0 atom stereocenters. The first-order chi connectivity index (χ1) is 9.49. The molecule has 2 aromatic rings. The molecule has 20 heavy (non-hydrogen) atoms. The van der Waals surface area contributed by atoms with Crippen LogP contribution in [0.3, 0.4) is 0 Å². The van der Waals surface area contributed by atoms with Crippen molar-refractivity contribution in [1.29, 1.82) is 0 Å². The monoisotopic (exact) mass is 271 g/mol. The second kappa shape index (κ2) is 5.05. The Bertz CT molecular complexity index is 621. The van der Waals surface area contributed by atoms with Crippen LogP contribution >= 0.6 is 0 Å². The van der Waals surface area contributed by atoms with E-state index in [0.717, 1.165) is 0 Å². The number of hydrogen-bond acceptors (Lipinski definition) is 3. The van der Waals surface area contributed by atoms with Crippen molar-refractivity contribution < 1.29 is 19.8 Å². The van der Waals surface area contributed by atoms with E-state index < -0.39 is 17.4 Å². The highest BCUT2D eigenvalue weighted by Crippen LogP contribution is 2.33. The Kier molecular flexibility index (Phi) is 3.43. The highest BCUT2D eigenvalue weighted by Gasteiger charge is 2.50. The van der Waals surface area contributed by atoms with E-state index in [-0.39, 0.29) is 11.1 Å². The Morgan fingerprint density at radius 1 is 0.800 bits per heavy atom. The predicted molar refractivity (Wildman–Crippen MR) is 73.3 cm³/mol. The normalized spacial score (nSPS) is 11.0. The molecule has 0 saturated heterocycles. The smallest absolute Gasteiger partial charge is 0.330 e. The molecule has 0 aliphatic rings. The molecule has 0 amide bonds. The highest BCUT2D eigenvalue weighted by atomic mass is 16.4. The van der Waals surface area contributed by atoms with Crippen LogP contribution < -0.4 is 5.73 Å². The van der Waals surface area contributed by atoms with Gasteiger partial charge in [-0.3, -0.25) is 9.59 Å². The van der Waals surface area contributed by atoms with Crippen LogP contribution in [0.2, 0.25) is 0 Å². The summed E-state index contributed by atoms with van der Waals surface area (Å²) in [4.78, 5) is 23.5. The Morgan fingerprint density at radius 2 is 1.25 bits per heavy atom. The molecule has 2 aromatic carbocycles. The molecule has 0 spiro atoms. The summed E-state index contributed by atoms with van der Waals surface area (Å²) in [6.45, 7) is 0. The molecule has 0 fully saturated rings. The van der Waals surface area contributed by atoms with Gasteiger partial charge in [0.25, 0.3) is 0 Å². The molecular formula is C15H13NO4. The van der Waals surface area contributed by atoms with Crippen LogP contribution in [-0.4, -0.2) is 22.2 Å². The van der Waals surface area contributed by atoms with E-state index in [2.05, 4.69) is 0 Å². The summed E-state index contributed by atoms with van der Waals surface area (Å²) in [5.74, 6) is -2.89. The summed E-state index contributed by atoms with van der Waals surface area (Å²) in [5, 5.41) is 19.1. The summed E-state index contributed by atoms with van der Waals surface area (Å²) < 4.78 is 0. The number of carbonyl (C=O) groups is 2. The number of aliphatic carboxylic acids is 2. The third-order valence-corrected chi connectivity index (χ3v) is 3.19. The van der Waals surface area contributed by atoms with Crippen LogP contribution in [-0.2, 0) is 15.0 Å². The summed E-state index contributed by atoms with van der Waals surface area (Å²) in [6.07, 6.45) is 0. The van der Waals surface area contributed by atoms with Gasteiger partial charge >= 0.3 is 11.9 Å². The third-order valence-electron chi connectivity index (χ3n) is 3.19. The van der Waals surface area contributed by atoms with Crippen LogP contribution in [0.1, 0.15) is 11.1 Å². The summed E-state index contributed by atoms with van der Waals surface area (Å²) in [7, 11) is 0. The van der Waals surface area contributed by atoms with Gasteiger partial charge in [-0.25, -0.2) is 0 Å². The third kappa shape index (κ3) is 1.99. The first-order valence-electron chi connectivity index (χ1n) is 5.88. The van der Waals surface area contributed by atoms with Gasteiger partial charge < -0.3 is 15.9 Å². The Morgan fingerprint density at radius 3 is 1.70 bits per heavy atom. The fourth-order valence-electron chi connectivity index (χ4n) is 2.17. The maximum absolute atomic E-state index is 11.7. The first kappa shape index (κ1) is 13.6. The maximum Gasteiger partial charge on any atom is 0.330 e. The number of benzene rings is 2. The first-order valence-corrected chi connectivity index (χ1v) is 5.88. The molecule has 102 valence electrons. The van der Waals surface area contributed by atoms with E-state index in [9.17, 15) is 19.8 Å². The number of carboxylic acids is 2. The average molecular weight is 271 g/mol. The zero-order valence-electron chi connectivity index (χ0n) is 10.5. The topological polar surface area (TPSA) is 101 Å². The number of carboxylic acid groups (broad SMARTS) is 2. The van der Waals surface area contributed by atoms with Gasteiger partial charge in [-0.05, 0) is 23.3 Å². The Balaban J connectivity index is 2.75. The van der Waals surface area contributed by atoms with E-state index in [1.807, 2.05) is 0 Å². The summed E-state index contributed by atoms with van der Waals surface area (Å²) in [5.41, 5.74) is 4.19. The SMILES string of the molecule is Nc1ccc(C(C(=O)O)(C(=O)O)c2ccccc2)cc1. The lowest BCUT2D eigenvalue weighted by molar-refractivity contribution is -0.155. The van der Waals surface area contributed by atoms with Crippen molar-refractivity contribution in [2.24, 2.45) is 0 Å². The predicted octanol–water partition coefficient (Wildman–Crippen LogP) is 1.72. The highest BCUT2D eigenvalue weighted by molar-refractivity contribution is 6.08. The lowest BCUT2D eigenvalue weighted by Crippen LogP contribution is -2.44. The molecule has 0 bridgehead atoms. The Hall–Kier alpha value is -2.82. The molecule has 0 aliphatic heterocycles. The van der Waals surface area contributed by atoms with Crippen LogP contribution in [0.5, 0.6) is 0 Å². The van der Waals surface area contributed by atoms with E-state index in [4.69, 9.17) is 5.73 Å². The van der Waals surface area contributed by atoms with Crippen molar-refractivity contribution in [3.8, 4) is 0 Å². The lowest BCUT2D eigenvalue weighted by Gasteiger charge is -2.26. The Labute approximate surface area is 115 Å². The second-order valence-electron chi connectivity index (χ2n) is 4.35. The van der Waals surface area contributed by atoms with Gasteiger partial charge in [-0.1, -0.05) is 42.5 Å². The summed E-state index contributed by atoms with van der Waals surface area (Å²) >= 11 is 0. The van der Waals surface area contributed by atoms with Gasteiger partial charge in [-0.2, -0.15) is 0 Å². The minimum Gasteiger partial charge on any atom is -0.480 e. The largest absolute Gasteiger partial charge is 0.480 e. The molecule has 0 radical (unpaired) electrons. The van der Waals surface area contributed by atoms with E-state index in [1.165, 1.54) is 36.4 Å². The average Bonchev–Trinajstić information content (AvgIpc) is 2.42. The van der Waals surface area contributed by atoms with Crippen molar-refractivity contribution in [2.75, 3.05) is 5.73 Å². The van der Waals surface area contributed by atoms with Gasteiger partial charge in [0.2, 0.25) is 5.41 Å². The van der Waals surface area contributed by atoms with Crippen molar-refractivity contribution in [3.63, 3.8) is 0 Å². The molecule has 0 heterocycles. The number of hydrogen-bond donors (Lipinski definition) is 3. The number of nitrogen functional groups attached to an aromatic ring is 1. The van der Waals surface area contributed by atoms with E-state index in [0.29, 0.717) is 5.69 Å². The standard InChI is InChI=1S/C15H13NO4/c16-12-8-6-11(7-9-12)15(13(17)18,14(19)20)10-4-2-1-3-5-10/h1-9H,16H2,(H,17,18)(H,19,20). The number of anilines is 1. The molecular weight excluding hydrogens is 258 g/mol. The van der Waals surface area contributed by atoms with Gasteiger partial charge in [0.15, 0.2) is 0 Å². The lowest BCUT2D eigenvalue weighted by atomic mass is 9.74. The molecule has 2 rings (SSSR count). The molecule has 0 saturated carbocycles. The molecule has 5 nitrogen and oxygen atoms in total. The van der Waals surface area contributed by atoms with E-state index >= 15 is 0 Å². The van der Waals surface area contributed by atoms with Gasteiger partial charge in [0.1, 0.15) is 0 Å². The molecule has 5 heteroatoms.